The molecule has 0 aliphatic heterocycles. The van der Waals surface area contributed by atoms with Crippen molar-refractivity contribution >= 4 is 22.1 Å². The Morgan fingerprint density at radius 2 is 0.530 bits per heavy atom. The second-order valence-electron chi connectivity index (χ2n) is 16.5. The lowest BCUT2D eigenvalue weighted by Crippen LogP contribution is -2.04. The Morgan fingerprint density at radius 1 is 0.227 bits per heavy atom. The van der Waals surface area contributed by atoms with E-state index in [1.54, 1.807) is 0 Å². The molecule has 0 amide bonds. The van der Waals surface area contributed by atoms with Crippen LogP contribution in [-0.4, -0.2) is 19.1 Å². The summed E-state index contributed by atoms with van der Waals surface area (Å²) in [6.45, 7) is 0. The molecule has 0 N–H and O–H groups in total. The summed E-state index contributed by atoms with van der Waals surface area (Å²) in [6, 6.07) is 90.7. The second kappa shape index (κ2) is 16.7. The Labute approximate surface area is 384 Å². The van der Waals surface area contributed by atoms with Gasteiger partial charge in [-0.1, -0.05) is 206 Å². The molecule has 0 radical (unpaired) electrons. The molecule has 0 aliphatic carbocycles. The van der Waals surface area contributed by atoms with E-state index >= 15 is 0 Å². The molecule has 0 saturated heterocycles. The van der Waals surface area contributed by atoms with Crippen LogP contribution >= 0.6 is 0 Å². The first-order valence-corrected chi connectivity index (χ1v) is 22.4. The summed E-state index contributed by atoms with van der Waals surface area (Å²) < 4.78 is 4.64. The molecule has 12 rings (SSSR count). The zero-order chi connectivity index (χ0) is 43.8. The van der Waals surface area contributed by atoms with Crippen LogP contribution in [0.4, 0.5) is 0 Å². The zero-order valence-corrected chi connectivity index (χ0v) is 36.0. The summed E-state index contributed by atoms with van der Waals surface area (Å²) >= 11 is 0. The highest BCUT2D eigenvalue weighted by atomic mass is 15.1. The van der Waals surface area contributed by atoms with Gasteiger partial charge in [0.05, 0.1) is 22.1 Å². The Balaban J connectivity index is 1.28. The lowest BCUT2D eigenvalue weighted by molar-refractivity contribution is 1.10. The van der Waals surface area contributed by atoms with Crippen LogP contribution < -0.4 is 0 Å². The standard InChI is InChI=1S/C62H42N4/c1-5-23-43(24-6-1)47-31-13-15-33-49(47)51-35-21-37-53(61-63-55-39-17-19-41-57(55)65(61)45-27-9-3-10-28-45)59(51)60-52(50-34-16-14-32-48(50)44-25-7-2-8-26-44)36-22-38-54(60)62-64-56-40-18-20-42-58(56)66(62)46-29-11-4-12-30-46/h1-42H. The van der Waals surface area contributed by atoms with Crippen LogP contribution in [0.25, 0.3) is 112 Å². The van der Waals surface area contributed by atoms with Gasteiger partial charge in [-0.3, -0.25) is 9.13 Å². The van der Waals surface area contributed by atoms with Gasteiger partial charge in [-0.15, -0.1) is 0 Å². The first-order chi connectivity index (χ1) is 32.8. The van der Waals surface area contributed by atoms with Crippen molar-refractivity contribution in [3.05, 3.63) is 255 Å². The van der Waals surface area contributed by atoms with E-state index in [2.05, 4.69) is 264 Å². The highest BCUT2D eigenvalue weighted by molar-refractivity contribution is 6.08. The first kappa shape index (κ1) is 38.8. The van der Waals surface area contributed by atoms with Gasteiger partial charge in [0.1, 0.15) is 11.6 Å². The van der Waals surface area contributed by atoms with Crippen molar-refractivity contribution in [1.82, 2.24) is 19.1 Å². The zero-order valence-electron chi connectivity index (χ0n) is 36.0. The normalized spacial score (nSPS) is 11.3. The van der Waals surface area contributed by atoms with Crippen LogP contribution in [0.5, 0.6) is 0 Å². The van der Waals surface area contributed by atoms with Crippen molar-refractivity contribution in [2.75, 3.05) is 0 Å². The summed E-state index contributed by atoms with van der Waals surface area (Å²) in [5, 5.41) is 0. The highest BCUT2D eigenvalue weighted by Crippen LogP contribution is 2.51. The molecule has 0 spiro atoms. The number of nitrogens with zero attached hydrogens (tertiary/aromatic N) is 4. The van der Waals surface area contributed by atoms with Crippen LogP contribution in [0.2, 0.25) is 0 Å². The van der Waals surface area contributed by atoms with E-state index in [4.69, 9.17) is 9.97 Å². The third-order valence-corrected chi connectivity index (χ3v) is 12.6. The van der Waals surface area contributed by atoms with Crippen molar-refractivity contribution in [2.45, 2.75) is 0 Å². The number of imidazole rings is 2. The minimum atomic E-state index is 0.852. The molecular formula is C62H42N4. The van der Waals surface area contributed by atoms with Gasteiger partial charge in [0.15, 0.2) is 0 Å². The minimum absolute atomic E-state index is 0.852. The molecule has 2 aromatic heterocycles. The molecule has 4 nitrogen and oxygen atoms in total. The van der Waals surface area contributed by atoms with Gasteiger partial charge < -0.3 is 0 Å². The van der Waals surface area contributed by atoms with E-state index in [9.17, 15) is 0 Å². The van der Waals surface area contributed by atoms with E-state index < -0.39 is 0 Å². The van der Waals surface area contributed by atoms with Crippen molar-refractivity contribution in [3.63, 3.8) is 0 Å². The summed E-state index contributed by atoms with van der Waals surface area (Å²) in [5.41, 5.74) is 19.1. The lowest BCUT2D eigenvalue weighted by Gasteiger charge is -2.24. The molecule has 2 heterocycles. The van der Waals surface area contributed by atoms with Gasteiger partial charge >= 0.3 is 0 Å². The molecule has 0 fully saturated rings. The molecule has 0 unspecified atom stereocenters. The van der Waals surface area contributed by atoms with Crippen molar-refractivity contribution < 1.29 is 0 Å². The van der Waals surface area contributed by atoms with Gasteiger partial charge in [0.25, 0.3) is 0 Å². The molecule has 0 bridgehead atoms. The molecule has 66 heavy (non-hydrogen) atoms. The van der Waals surface area contributed by atoms with E-state index in [0.717, 1.165) is 112 Å². The molecule has 12 aromatic rings. The van der Waals surface area contributed by atoms with Gasteiger partial charge in [-0.2, -0.15) is 0 Å². The maximum Gasteiger partial charge on any atom is 0.146 e. The average molecular weight is 843 g/mol. The van der Waals surface area contributed by atoms with Crippen LogP contribution in [0, 0.1) is 0 Å². The third-order valence-electron chi connectivity index (χ3n) is 12.6. The molecular weight excluding hydrogens is 801 g/mol. The number of para-hydroxylation sites is 6. The second-order valence-corrected chi connectivity index (χ2v) is 16.5. The minimum Gasteiger partial charge on any atom is -0.292 e. The monoisotopic (exact) mass is 842 g/mol. The molecule has 4 heteroatoms. The summed E-state index contributed by atoms with van der Waals surface area (Å²) in [7, 11) is 0. The van der Waals surface area contributed by atoms with Gasteiger partial charge in [0.2, 0.25) is 0 Å². The Hall–Kier alpha value is -8.86. The SMILES string of the molecule is c1ccc(-c2ccccc2-c2cccc(-c3nc4ccccc4n3-c3ccccc3)c2-c2c(-c3ccccc3-c3ccccc3)cccc2-c2nc3ccccc3n2-c2ccccc2)cc1. The summed E-state index contributed by atoms with van der Waals surface area (Å²) in [6.07, 6.45) is 0. The Kier molecular flexibility index (Phi) is 9.81. The van der Waals surface area contributed by atoms with E-state index in [1.807, 2.05) is 0 Å². The molecule has 0 aliphatic rings. The number of rotatable bonds is 9. The van der Waals surface area contributed by atoms with Crippen LogP contribution in [0.1, 0.15) is 0 Å². The summed E-state index contributed by atoms with van der Waals surface area (Å²) in [5.74, 6) is 1.70. The van der Waals surface area contributed by atoms with Crippen LogP contribution in [0.15, 0.2) is 255 Å². The largest absolute Gasteiger partial charge is 0.292 e. The van der Waals surface area contributed by atoms with Crippen molar-refractivity contribution in [1.29, 1.82) is 0 Å². The van der Waals surface area contributed by atoms with E-state index in [0.29, 0.717) is 0 Å². The molecule has 0 saturated carbocycles. The predicted octanol–water partition coefficient (Wildman–Crippen LogP) is 16.0. The predicted molar refractivity (Wildman–Crippen MR) is 274 cm³/mol. The fraction of sp³-hybridized carbons (Fsp3) is 0. The average Bonchev–Trinajstić information content (AvgIpc) is 3.99. The lowest BCUT2D eigenvalue weighted by atomic mass is 9.80. The number of hydrogen-bond acceptors (Lipinski definition) is 2. The van der Waals surface area contributed by atoms with Gasteiger partial charge in [-0.25, -0.2) is 9.97 Å². The molecule has 310 valence electrons. The smallest absolute Gasteiger partial charge is 0.146 e. The maximum absolute atomic E-state index is 5.57. The Bertz CT molecular complexity index is 3440. The third kappa shape index (κ3) is 6.72. The first-order valence-electron chi connectivity index (χ1n) is 22.4. The van der Waals surface area contributed by atoms with Gasteiger partial charge in [0, 0.05) is 33.6 Å². The van der Waals surface area contributed by atoms with Crippen LogP contribution in [0.3, 0.4) is 0 Å². The fourth-order valence-corrected chi connectivity index (χ4v) is 9.73. The van der Waals surface area contributed by atoms with Crippen molar-refractivity contribution in [3.8, 4) is 89.8 Å². The number of benzene rings is 10. The van der Waals surface area contributed by atoms with Crippen LogP contribution in [-0.2, 0) is 0 Å². The number of hydrogen-bond donors (Lipinski definition) is 0. The van der Waals surface area contributed by atoms with E-state index in [-0.39, 0.29) is 0 Å². The molecule has 10 aromatic carbocycles. The number of fused-ring (bicyclic) bond motifs is 2. The van der Waals surface area contributed by atoms with E-state index in [1.165, 1.54) is 0 Å². The fourth-order valence-electron chi connectivity index (χ4n) is 9.73. The highest BCUT2D eigenvalue weighted by Gasteiger charge is 2.28. The molecule has 0 atom stereocenters. The van der Waals surface area contributed by atoms with Crippen molar-refractivity contribution in [2.24, 2.45) is 0 Å². The number of aromatic nitrogens is 4. The quantitative estimate of drug-likeness (QED) is 0.145. The summed E-state index contributed by atoms with van der Waals surface area (Å²) in [4.78, 5) is 11.1. The maximum atomic E-state index is 5.57. The topological polar surface area (TPSA) is 35.6 Å². The Morgan fingerprint density at radius 3 is 0.939 bits per heavy atom. The van der Waals surface area contributed by atoms with Gasteiger partial charge in [-0.05, 0) is 93.0 Å².